The molecule has 6 nitrogen and oxygen atoms in total. The maximum atomic E-state index is 12.4. The van der Waals surface area contributed by atoms with Crippen molar-refractivity contribution in [3.8, 4) is 0 Å². The summed E-state index contributed by atoms with van der Waals surface area (Å²) in [7, 11) is 3.61. The van der Waals surface area contributed by atoms with Gasteiger partial charge in [-0.2, -0.15) is 5.10 Å². The summed E-state index contributed by atoms with van der Waals surface area (Å²) in [4.78, 5) is 16.3. The predicted molar refractivity (Wildman–Crippen MR) is 77.2 cm³/mol. The number of carbonyl (C=O) groups is 1. The highest BCUT2D eigenvalue weighted by atomic mass is 16.3. The van der Waals surface area contributed by atoms with Crippen molar-refractivity contribution in [3.05, 3.63) is 42.1 Å². The summed E-state index contributed by atoms with van der Waals surface area (Å²) < 4.78 is 7.08. The number of fused-ring (bicyclic) bond motifs is 1. The molecule has 1 unspecified atom stereocenters. The van der Waals surface area contributed by atoms with Crippen LogP contribution in [-0.2, 0) is 24.4 Å². The van der Waals surface area contributed by atoms with E-state index in [0.717, 1.165) is 30.9 Å². The molecule has 3 heterocycles. The molecule has 21 heavy (non-hydrogen) atoms. The first kappa shape index (κ1) is 13.9. The van der Waals surface area contributed by atoms with Gasteiger partial charge in [0.25, 0.3) is 0 Å². The Kier molecular flexibility index (Phi) is 3.79. The summed E-state index contributed by atoms with van der Waals surface area (Å²) in [5.74, 6) is 0.0728. The molecule has 112 valence electrons. The normalized spacial score (nSPS) is 19.0. The van der Waals surface area contributed by atoms with Crippen LogP contribution in [0, 0.1) is 5.92 Å². The maximum absolute atomic E-state index is 12.4. The van der Waals surface area contributed by atoms with E-state index in [1.165, 1.54) is 0 Å². The van der Waals surface area contributed by atoms with Gasteiger partial charge in [0.1, 0.15) is 0 Å². The van der Waals surface area contributed by atoms with Crippen LogP contribution in [0.25, 0.3) is 0 Å². The van der Waals surface area contributed by atoms with Gasteiger partial charge in [-0.05, 0) is 12.1 Å². The lowest BCUT2D eigenvalue weighted by Crippen LogP contribution is -2.38. The second kappa shape index (κ2) is 5.73. The molecule has 0 saturated carbocycles. The van der Waals surface area contributed by atoms with E-state index < -0.39 is 0 Å². The number of hydrogen-bond donors (Lipinski definition) is 0. The Balaban J connectivity index is 1.82. The van der Waals surface area contributed by atoms with Gasteiger partial charge in [0, 0.05) is 45.5 Å². The second-order valence-electron chi connectivity index (χ2n) is 5.74. The molecule has 0 N–H and O–H groups in total. The zero-order valence-corrected chi connectivity index (χ0v) is 12.4. The molecule has 0 spiro atoms. The molecule has 0 bridgehead atoms. The number of amides is 1. The van der Waals surface area contributed by atoms with Crippen LogP contribution in [0.1, 0.15) is 11.3 Å². The minimum absolute atomic E-state index is 0.0759. The van der Waals surface area contributed by atoms with Gasteiger partial charge >= 0.3 is 0 Å². The molecule has 0 fully saturated rings. The number of rotatable bonds is 3. The fraction of sp³-hybridized carbons (Fsp3) is 0.467. The average molecular weight is 288 g/mol. The summed E-state index contributed by atoms with van der Waals surface area (Å²) >= 11 is 0. The van der Waals surface area contributed by atoms with Crippen LogP contribution in [0.3, 0.4) is 0 Å². The summed E-state index contributed by atoms with van der Waals surface area (Å²) in [6, 6.07) is 3.98. The van der Waals surface area contributed by atoms with Crippen LogP contribution in [0.5, 0.6) is 0 Å². The Hall–Kier alpha value is -2.08. The molecule has 1 aliphatic heterocycles. The Morgan fingerprint density at radius 2 is 2.29 bits per heavy atom. The van der Waals surface area contributed by atoms with Crippen molar-refractivity contribution in [1.29, 1.82) is 0 Å². The molecule has 0 saturated heterocycles. The minimum Gasteiger partial charge on any atom is -0.472 e. The second-order valence-corrected chi connectivity index (χ2v) is 5.74. The predicted octanol–water partition coefficient (Wildman–Crippen LogP) is 1.20. The van der Waals surface area contributed by atoms with Crippen molar-refractivity contribution in [2.24, 2.45) is 5.92 Å². The molecule has 1 atom stereocenters. The SMILES string of the molecule is CN(C)C(=O)C1CN(Cc2ccoc2)Cc2ccnn2C1. The smallest absolute Gasteiger partial charge is 0.228 e. The molecule has 1 amide bonds. The fourth-order valence-electron chi connectivity index (χ4n) is 2.81. The quantitative estimate of drug-likeness (QED) is 0.851. The van der Waals surface area contributed by atoms with E-state index in [0.29, 0.717) is 6.54 Å². The number of nitrogens with zero attached hydrogens (tertiary/aromatic N) is 4. The molecule has 3 rings (SSSR count). The fourth-order valence-corrected chi connectivity index (χ4v) is 2.81. The Morgan fingerprint density at radius 1 is 1.43 bits per heavy atom. The third kappa shape index (κ3) is 3.00. The van der Waals surface area contributed by atoms with Crippen LogP contribution in [0.4, 0.5) is 0 Å². The van der Waals surface area contributed by atoms with Crippen molar-refractivity contribution in [1.82, 2.24) is 19.6 Å². The molecule has 2 aromatic rings. The first-order valence-corrected chi connectivity index (χ1v) is 7.09. The van der Waals surface area contributed by atoms with Gasteiger partial charge in [-0.15, -0.1) is 0 Å². The molecule has 0 aliphatic carbocycles. The minimum atomic E-state index is -0.0759. The largest absolute Gasteiger partial charge is 0.472 e. The van der Waals surface area contributed by atoms with Crippen LogP contribution in [0.15, 0.2) is 35.3 Å². The Labute approximate surface area is 123 Å². The first-order chi connectivity index (χ1) is 10.1. The van der Waals surface area contributed by atoms with Gasteiger partial charge in [-0.1, -0.05) is 0 Å². The maximum Gasteiger partial charge on any atom is 0.228 e. The molecule has 0 aromatic carbocycles. The standard InChI is InChI=1S/C15H20N4O2/c1-17(2)15(20)13-8-18(7-12-4-6-21-11-12)10-14-3-5-16-19(14)9-13/h3-6,11,13H,7-10H2,1-2H3. The van der Waals surface area contributed by atoms with Gasteiger partial charge < -0.3 is 9.32 Å². The van der Waals surface area contributed by atoms with Gasteiger partial charge in [0.05, 0.1) is 30.7 Å². The topological polar surface area (TPSA) is 54.5 Å². The van der Waals surface area contributed by atoms with E-state index in [9.17, 15) is 4.79 Å². The first-order valence-electron chi connectivity index (χ1n) is 7.09. The average Bonchev–Trinajstić information content (AvgIpc) is 3.07. The summed E-state index contributed by atoms with van der Waals surface area (Å²) in [5.41, 5.74) is 2.27. The number of hydrogen-bond acceptors (Lipinski definition) is 4. The molecule has 2 aromatic heterocycles. The van der Waals surface area contributed by atoms with E-state index >= 15 is 0 Å². The van der Waals surface area contributed by atoms with Crippen molar-refractivity contribution >= 4 is 5.91 Å². The van der Waals surface area contributed by atoms with E-state index in [4.69, 9.17) is 4.42 Å². The molecular weight excluding hydrogens is 268 g/mol. The number of carbonyl (C=O) groups excluding carboxylic acids is 1. The van der Waals surface area contributed by atoms with Crippen molar-refractivity contribution in [3.63, 3.8) is 0 Å². The van der Waals surface area contributed by atoms with Gasteiger partial charge in [0.15, 0.2) is 0 Å². The lowest BCUT2D eigenvalue weighted by molar-refractivity contribution is -0.134. The third-order valence-electron chi connectivity index (χ3n) is 3.84. The summed E-state index contributed by atoms with van der Waals surface area (Å²) in [6.45, 7) is 2.94. The highest BCUT2D eigenvalue weighted by Gasteiger charge is 2.28. The third-order valence-corrected chi connectivity index (χ3v) is 3.84. The van der Waals surface area contributed by atoms with Crippen molar-refractivity contribution in [2.75, 3.05) is 20.6 Å². The van der Waals surface area contributed by atoms with E-state index in [-0.39, 0.29) is 11.8 Å². The van der Waals surface area contributed by atoms with Crippen molar-refractivity contribution in [2.45, 2.75) is 19.6 Å². The van der Waals surface area contributed by atoms with Crippen LogP contribution in [0.2, 0.25) is 0 Å². The van der Waals surface area contributed by atoms with E-state index in [2.05, 4.69) is 10.00 Å². The lowest BCUT2D eigenvalue weighted by atomic mass is 10.1. The highest BCUT2D eigenvalue weighted by Crippen LogP contribution is 2.19. The zero-order chi connectivity index (χ0) is 14.8. The molecule has 0 radical (unpaired) electrons. The van der Waals surface area contributed by atoms with Gasteiger partial charge in [-0.3, -0.25) is 14.4 Å². The van der Waals surface area contributed by atoms with Crippen LogP contribution < -0.4 is 0 Å². The molecule has 6 heteroatoms. The van der Waals surface area contributed by atoms with E-state index in [1.54, 1.807) is 37.7 Å². The highest BCUT2D eigenvalue weighted by molar-refractivity contribution is 5.78. The zero-order valence-electron chi connectivity index (χ0n) is 12.4. The summed E-state index contributed by atoms with van der Waals surface area (Å²) in [6.07, 6.45) is 5.23. The lowest BCUT2D eigenvalue weighted by Gasteiger charge is -2.24. The molecule has 1 aliphatic rings. The Morgan fingerprint density at radius 3 is 3.00 bits per heavy atom. The van der Waals surface area contributed by atoms with Crippen LogP contribution >= 0.6 is 0 Å². The van der Waals surface area contributed by atoms with Gasteiger partial charge in [0.2, 0.25) is 5.91 Å². The number of aromatic nitrogens is 2. The van der Waals surface area contributed by atoms with Gasteiger partial charge in [-0.25, -0.2) is 0 Å². The number of furan rings is 1. The molecular formula is C15H20N4O2. The monoisotopic (exact) mass is 288 g/mol. The van der Waals surface area contributed by atoms with Crippen LogP contribution in [-0.4, -0.2) is 46.1 Å². The Bertz CT molecular complexity index is 603. The van der Waals surface area contributed by atoms with Crippen molar-refractivity contribution < 1.29 is 9.21 Å². The van der Waals surface area contributed by atoms with E-state index in [1.807, 2.05) is 16.8 Å². The summed E-state index contributed by atoms with van der Waals surface area (Å²) in [5, 5.41) is 4.34.